The molecule has 0 bridgehead atoms. The molecule has 4 aliphatic carbocycles. The monoisotopic (exact) mass is 619 g/mol. The van der Waals surface area contributed by atoms with Crippen molar-refractivity contribution in [3.63, 3.8) is 0 Å². The predicted molar refractivity (Wildman–Crippen MR) is 174 cm³/mol. The predicted octanol–water partition coefficient (Wildman–Crippen LogP) is 6.81. The van der Waals surface area contributed by atoms with E-state index < -0.39 is 5.41 Å². The highest BCUT2D eigenvalue weighted by atomic mass is 16.6. The molecule has 0 radical (unpaired) electrons. The first-order valence-electron chi connectivity index (χ1n) is 17.4. The van der Waals surface area contributed by atoms with E-state index >= 15 is 0 Å². The second-order valence-corrected chi connectivity index (χ2v) is 14.5. The first-order chi connectivity index (χ1) is 20.9. The number of allylic oxidation sites excluding steroid dienone is 1. The number of rotatable bonds is 11. The molecule has 0 amide bonds. The SMILES string of the molecule is CCOC(=O)C=C1CCC(C2CCCC2)(N(C)C)CC1.CCOC(=O)CC1(C[N+](=O)[O-])CCC(C2CCCC2)(N(C)C)CC1. The Bertz CT molecular complexity index is 963. The second kappa shape index (κ2) is 16.5. The van der Waals surface area contributed by atoms with E-state index in [2.05, 4.69) is 38.0 Å². The minimum absolute atomic E-state index is 0.125. The molecule has 4 saturated carbocycles. The Morgan fingerprint density at radius 1 is 0.795 bits per heavy atom. The molecule has 44 heavy (non-hydrogen) atoms. The zero-order valence-corrected chi connectivity index (χ0v) is 28.7. The highest BCUT2D eigenvalue weighted by Crippen LogP contribution is 2.52. The minimum atomic E-state index is -0.534. The molecule has 0 heterocycles. The lowest BCUT2D eigenvalue weighted by Gasteiger charge is -2.51. The number of ether oxygens (including phenoxy) is 2. The average Bonchev–Trinajstić information content (AvgIpc) is 3.70. The van der Waals surface area contributed by atoms with Gasteiger partial charge in [0.15, 0.2) is 0 Å². The molecule has 0 aliphatic heterocycles. The van der Waals surface area contributed by atoms with E-state index in [4.69, 9.17) is 9.47 Å². The van der Waals surface area contributed by atoms with E-state index in [1.807, 2.05) is 6.92 Å². The van der Waals surface area contributed by atoms with Crippen molar-refractivity contribution in [2.24, 2.45) is 17.3 Å². The molecular weight excluding hydrogens is 558 g/mol. The lowest BCUT2D eigenvalue weighted by atomic mass is 9.61. The number of carbonyl (C=O) groups excluding carboxylic acids is 2. The minimum Gasteiger partial charge on any atom is -0.466 e. The molecule has 4 rings (SSSR count). The fourth-order valence-electron chi connectivity index (χ4n) is 9.26. The third-order valence-electron chi connectivity index (χ3n) is 11.8. The van der Waals surface area contributed by atoms with Gasteiger partial charge in [-0.25, -0.2) is 4.79 Å². The maximum absolute atomic E-state index is 12.0. The van der Waals surface area contributed by atoms with Gasteiger partial charge in [0.2, 0.25) is 6.54 Å². The maximum atomic E-state index is 12.0. The summed E-state index contributed by atoms with van der Waals surface area (Å²) in [6.45, 7) is 4.30. The number of hydrogen-bond donors (Lipinski definition) is 0. The van der Waals surface area contributed by atoms with Gasteiger partial charge in [0.05, 0.1) is 19.6 Å². The van der Waals surface area contributed by atoms with Crippen LogP contribution in [0.25, 0.3) is 0 Å². The quantitative estimate of drug-likeness (QED) is 0.108. The summed E-state index contributed by atoms with van der Waals surface area (Å²) < 4.78 is 10.1. The van der Waals surface area contributed by atoms with Crippen LogP contribution in [0.15, 0.2) is 11.6 Å². The van der Waals surface area contributed by atoms with Gasteiger partial charge in [-0.1, -0.05) is 31.3 Å². The average molecular weight is 620 g/mol. The number of hydrogen-bond acceptors (Lipinski definition) is 8. The van der Waals surface area contributed by atoms with E-state index in [1.54, 1.807) is 13.0 Å². The molecule has 0 N–H and O–H groups in total. The van der Waals surface area contributed by atoms with Gasteiger partial charge in [0.25, 0.3) is 0 Å². The van der Waals surface area contributed by atoms with Gasteiger partial charge in [-0.05, 0) is 131 Å². The van der Waals surface area contributed by atoms with Crippen LogP contribution in [-0.2, 0) is 19.1 Å². The molecule has 0 aromatic carbocycles. The first-order valence-corrected chi connectivity index (χ1v) is 17.4. The fourth-order valence-corrected chi connectivity index (χ4v) is 9.26. The van der Waals surface area contributed by atoms with Crippen LogP contribution >= 0.6 is 0 Å². The summed E-state index contributed by atoms with van der Waals surface area (Å²) >= 11 is 0. The van der Waals surface area contributed by atoms with Gasteiger partial charge in [0, 0.05) is 27.5 Å². The normalized spacial score (nSPS) is 29.8. The molecule has 9 heteroatoms. The summed E-state index contributed by atoms with van der Waals surface area (Å²) in [5, 5.41) is 11.2. The van der Waals surface area contributed by atoms with Crippen LogP contribution in [-0.4, -0.2) is 85.7 Å². The molecule has 0 aromatic heterocycles. The lowest BCUT2D eigenvalue weighted by Crippen LogP contribution is -2.54. The molecule has 0 unspecified atom stereocenters. The van der Waals surface area contributed by atoms with Gasteiger partial charge < -0.3 is 19.3 Å². The molecular formula is C35H61N3O6. The van der Waals surface area contributed by atoms with Gasteiger partial charge in [-0.3, -0.25) is 14.9 Å². The summed E-state index contributed by atoms with van der Waals surface area (Å²) in [5.41, 5.74) is 1.25. The van der Waals surface area contributed by atoms with Crippen molar-refractivity contribution < 1.29 is 24.0 Å². The van der Waals surface area contributed by atoms with Gasteiger partial charge in [0.1, 0.15) is 0 Å². The molecule has 0 aromatic rings. The van der Waals surface area contributed by atoms with Crippen LogP contribution < -0.4 is 0 Å². The Kier molecular flexibility index (Phi) is 13.7. The van der Waals surface area contributed by atoms with Gasteiger partial charge in [-0.2, -0.15) is 0 Å². The van der Waals surface area contributed by atoms with E-state index in [1.165, 1.54) is 69.8 Å². The third kappa shape index (κ3) is 9.05. The van der Waals surface area contributed by atoms with E-state index in [0.717, 1.165) is 44.4 Å². The first kappa shape index (κ1) is 36.5. The molecule has 0 spiro atoms. The Labute approximate surface area is 266 Å². The van der Waals surface area contributed by atoms with Crippen LogP contribution in [0.3, 0.4) is 0 Å². The molecule has 0 atom stereocenters. The Balaban J connectivity index is 0.000000244. The number of carbonyl (C=O) groups is 2. The van der Waals surface area contributed by atoms with Gasteiger partial charge >= 0.3 is 11.9 Å². The molecule has 0 saturated heterocycles. The van der Waals surface area contributed by atoms with Crippen molar-refractivity contribution in [2.45, 2.75) is 134 Å². The summed E-state index contributed by atoms with van der Waals surface area (Å²) in [6, 6.07) is 0. The Morgan fingerprint density at radius 2 is 1.25 bits per heavy atom. The number of nitro groups is 1. The largest absolute Gasteiger partial charge is 0.466 e. The Morgan fingerprint density at radius 3 is 1.66 bits per heavy atom. The van der Waals surface area contributed by atoms with Crippen molar-refractivity contribution in [3.05, 3.63) is 21.8 Å². The maximum Gasteiger partial charge on any atom is 0.330 e. The fraction of sp³-hybridized carbons (Fsp3) is 0.886. The number of esters is 2. The molecule has 4 fully saturated rings. The summed E-state index contributed by atoms with van der Waals surface area (Å²) in [6.07, 6.45) is 20.4. The summed E-state index contributed by atoms with van der Waals surface area (Å²) in [7, 11) is 8.76. The van der Waals surface area contributed by atoms with Crippen LogP contribution in [0, 0.1) is 27.4 Å². The molecule has 4 aliphatic rings. The highest BCUT2D eigenvalue weighted by molar-refractivity contribution is 5.82. The van der Waals surface area contributed by atoms with E-state index in [0.29, 0.717) is 24.7 Å². The van der Waals surface area contributed by atoms with E-state index in [-0.39, 0.29) is 35.4 Å². The molecule has 9 nitrogen and oxygen atoms in total. The van der Waals surface area contributed by atoms with Crippen LogP contribution in [0.2, 0.25) is 0 Å². The van der Waals surface area contributed by atoms with Crippen molar-refractivity contribution in [2.75, 3.05) is 47.9 Å². The van der Waals surface area contributed by atoms with Crippen molar-refractivity contribution in [3.8, 4) is 0 Å². The topological polar surface area (TPSA) is 102 Å². The van der Waals surface area contributed by atoms with E-state index in [9.17, 15) is 19.7 Å². The van der Waals surface area contributed by atoms with Crippen LogP contribution in [0.1, 0.15) is 123 Å². The smallest absolute Gasteiger partial charge is 0.330 e. The van der Waals surface area contributed by atoms with Crippen molar-refractivity contribution in [1.29, 1.82) is 0 Å². The van der Waals surface area contributed by atoms with Crippen molar-refractivity contribution in [1.82, 2.24) is 9.80 Å². The zero-order valence-electron chi connectivity index (χ0n) is 28.7. The third-order valence-corrected chi connectivity index (χ3v) is 11.8. The number of nitrogens with zero attached hydrogens (tertiary/aromatic N) is 3. The zero-order chi connectivity index (χ0) is 32.4. The Hall–Kier alpha value is -2.00. The second-order valence-electron chi connectivity index (χ2n) is 14.5. The lowest BCUT2D eigenvalue weighted by molar-refractivity contribution is -0.499. The summed E-state index contributed by atoms with van der Waals surface area (Å²) in [5.74, 6) is 1.07. The van der Waals surface area contributed by atoms with Gasteiger partial charge in [-0.15, -0.1) is 0 Å². The standard InChI is InChI=1S/C18H32N2O4.C17H29NO2/c1-4-24-16(21)13-17(14-20(22)23)9-11-18(12-10-17,19(2)3)15-7-5-6-8-15;1-4-20-16(19)13-14-9-11-17(12-10-14,18(2)3)15-7-5-6-8-15/h15H,4-14H2,1-3H3;13,15H,4-12H2,1-3H3. The van der Waals surface area contributed by atoms with Crippen LogP contribution in [0.5, 0.6) is 0 Å². The highest BCUT2D eigenvalue weighted by Gasteiger charge is 2.51. The van der Waals surface area contributed by atoms with Crippen molar-refractivity contribution >= 4 is 11.9 Å². The molecule has 252 valence electrons. The summed E-state index contributed by atoms with van der Waals surface area (Å²) in [4.78, 5) is 39.3. The van der Waals surface area contributed by atoms with Crippen LogP contribution in [0.4, 0.5) is 0 Å².